The Balaban J connectivity index is 4.28. The van der Waals surface area contributed by atoms with E-state index in [0.717, 1.165) is 19.1 Å². The Morgan fingerprint density at radius 1 is 1.47 bits per heavy atom. The SMILES string of the molecule is COC(=O)NC[C@](C)(F)C(=O)N(C)OC. The van der Waals surface area contributed by atoms with Crippen LogP contribution in [0, 0.1) is 0 Å². The Hall–Kier alpha value is -1.37. The summed E-state index contributed by atoms with van der Waals surface area (Å²) in [6, 6.07) is 0. The fraction of sp³-hybridized carbons (Fsp3) is 0.750. The number of rotatable bonds is 4. The normalized spacial score (nSPS) is 13.9. The summed E-state index contributed by atoms with van der Waals surface area (Å²) in [5.74, 6) is -0.888. The van der Waals surface area contributed by atoms with Gasteiger partial charge in [0.2, 0.25) is 5.67 Å². The molecule has 0 saturated heterocycles. The molecule has 0 bridgehead atoms. The maximum Gasteiger partial charge on any atom is 0.406 e. The fourth-order valence-corrected chi connectivity index (χ4v) is 0.797. The molecule has 0 heterocycles. The topological polar surface area (TPSA) is 67.9 Å². The van der Waals surface area contributed by atoms with Gasteiger partial charge in [-0.3, -0.25) is 9.63 Å². The number of amides is 2. The molecule has 6 nitrogen and oxygen atoms in total. The summed E-state index contributed by atoms with van der Waals surface area (Å²) >= 11 is 0. The smallest absolute Gasteiger partial charge is 0.406 e. The number of hydroxylamine groups is 2. The summed E-state index contributed by atoms with van der Waals surface area (Å²) in [6.07, 6.45) is -0.799. The molecule has 0 fully saturated rings. The summed E-state index contributed by atoms with van der Waals surface area (Å²) in [5.41, 5.74) is -2.24. The molecule has 0 aromatic carbocycles. The minimum atomic E-state index is -2.24. The van der Waals surface area contributed by atoms with Gasteiger partial charge in [0.05, 0.1) is 20.8 Å². The first kappa shape index (κ1) is 13.6. The average Bonchev–Trinajstić information content (AvgIpc) is 2.23. The van der Waals surface area contributed by atoms with Gasteiger partial charge in [-0.15, -0.1) is 0 Å². The highest BCUT2D eigenvalue weighted by Crippen LogP contribution is 2.12. The molecule has 15 heavy (non-hydrogen) atoms. The zero-order chi connectivity index (χ0) is 12.1. The molecule has 0 aliphatic carbocycles. The van der Waals surface area contributed by atoms with Gasteiger partial charge in [0, 0.05) is 7.05 Å². The van der Waals surface area contributed by atoms with Crippen LogP contribution >= 0.6 is 0 Å². The van der Waals surface area contributed by atoms with Gasteiger partial charge in [0.25, 0.3) is 5.91 Å². The third kappa shape index (κ3) is 4.11. The van der Waals surface area contributed by atoms with Gasteiger partial charge in [-0.1, -0.05) is 0 Å². The minimum absolute atomic E-state index is 0.480. The number of ether oxygens (including phenoxy) is 1. The van der Waals surface area contributed by atoms with E-state index in [4.69, 9.17) is 0 Å². The molecule has 0 saturated carbocycles. The van der Waals surface area contributed by atoms with Crippen LogP contribution in [0.3, 0.4) is 0 Å². The molecule has 88 valence electrons. The van der Waals surface area contributed by atoms with Crippen molar-refractivity contribution in [2.75, 3.05) is 27.8 Å². The number of carbonyl (C=O) groups excluding carboxylic acids is 2. The second kappa shape index (κ2) is 5.50. The molecule has 1 N–H and O–H groups in total. The van der Waals surface area contributed by atoms with Crippen molar-refractivity contribution in [2.24, 2.45) is 0 Å². The number of nitrogens with one attached hydrogen (secondary N) is 1. The third-order valence-electron chi connectivity index (χ3n) is 1.76. The van der Waals surface area contributed by atoms with Crippen LogP contribution in [-0.4, -0.2) is 50.5 Å². The van der Waals surface area contributed by atoms with Crippen LogP contribution < -0.4 is 5.32 Å². The molecule has 0 aliphatic rings. The van der Waals surface area contributed by atoms with Crippen molar-refractivity contribution in [3.63, 3.8) is 0 Å². The van der Waals surface area contributed by atoms with Crippen LogP contribution in [0.15, 0.2) is 0 Å². The molecule has 0 rings (SSSR count). The molecular formula is C8H15FN2O4. The Morgan fingerprint density at radius 3 is 2.40 bits per heavy atom. The van der Waals surface area contributed by atoms with Gasteiger partial charge >= 0.3 is 6.09 Å². The van der Waals surface area contributed by atoms with Gasteiger partial charge < -0.3 is 10.1 Å². The lowest BCUT2D eigenvalue weighted by atomic mass is 10.1. The van der Waals surface area contributed by atoms with Gasteiger partial charge in [-0.05, 0) is 6.92 Å². The highest BCUT2D eigenvalue weighted by atomic mass is 19.1. The number of alkyl carbamates (subject to hydrolysis) is 1. The van der Waals surface area contributed by atoms with Gasteiger partial charge in [0.15, 0.2) is 0 Å². The van der Waals surface area contributed by atoms with Crippen molar-refractivity contribution in [2.45, 2.75) is 12.6 Å². The number of nitrogens with zero attached hydrogens (tertiary/aromatic N) is 1. The summed E-state index contributed by atoms with van der Waals surface area (Å²) in [5, 5.41) is 2.84. The van der Waals surface area contributed by atoms with Crippen molar-refractivity contribution >= 4 is 12.0 Å². The monoisotopic (exact) mass is 222 g/mol. The third-order valence-corrected chi connectivity index (χ3v) is 1.76. The first-order valence-corrected chi connectivity index (χ1v) is 4.18. The van der Waals surface area contributed by atoms with Crippen molar-refractivity contribution in [1.29, 1.82) is 0 Å². The number of hydrogen-bond acceptors (Lipinski definition) is 4. The predicted octanol–water partition coefficient (Wildman–Crippen LogP) is 0.0904. The molecule has 0 aromatic heterocycles. The number of carbonyl (C=O) groups is 2. The van der Waals surface area contributed by atoms with E-state index in [1.165, 1.54) is 14.2 Å². The molecular weight excluding hydrogens is 207 g/mol. The van der Waals surface area contributed by atoms with E-state index in [-0.39, 0.29) is 0 Å². The lowest BCUT2D eigenvalue weighted by Crippen LogP contribution is -2.49. The Kier molecular flexibility index (Phi) is 4.99. The molecule has 0 spiro atoms. The fourth-order valence-electron chi connectivity index (χ4n) is 0.797. The highest BCUT2D eigenvalue weighted by molar-refractivity contribution is 5.84. The van der Waals surface area contributed by atoms with Crippen LogP contribution in [0.5, 0.6) is 0 Å². The predicted molar refractivity (Wildman–Crippen MR) is 49.7 cm³/mol. The molecule has 0 radical (unpaired) electrons. The van der Waals surface area contributed by atoms with Gasteiger partial charge in [-0.25, -0.2) is 14.2 Å². The van der Waals surface area contributed by atoms with Crippen LogP contribution in [-0.2, 0) is 14.4 Å². The number of alkyl halides is 1. The molecule has 0 aliphatic heterocycles. The van der Waals surface area contributed by atoms with Crippen molar-refractivity contribution < 1.29 is 23.6 Å². The van der Waals surface area contributed by atoms with E-state index in [1.807, 2.05) is 0 Å². The summed E-state index contributed by atoms with van der Waals surface area (Å²) < 4.78 is 17.9. The van der Waals surface area contributed by atoms with E-state index >= 15 is 0 Å². The molecule has 1 atom stereocenters. The van der Waals surface area contributed by atoms with Crippen LogP contribution in [0.25, 0.3) is 0 Å². The Labute approximate surface area is 87.3 Å². The van der Waals surface area contributed by atoms with Gasteiger partial charge in [0.1, 0.15) is 0 Å². The first-order chi connectivity index (χ1) is 6.85. The number of halogens is 1. The lowest BCUT2D eigenvalue weighted by Gasteiger charge is -2.24. The van der Waals surface area contributed by atoms with Crippen LogP contribution in [0.2, 0.25) is 0 Å². The summed E-state index contributed by atoms with van der Waals surface area (Å²) in [6.45, 7) is 0.562. The van der Waals surface area contributed by atoms with E-state index in [0.29, 0.717) is 0 Å². The van der Waals surface area contributed by atoms with E-state index in [9.17, 15) is 14.0 Å². The maximum absolute atomic E-state index is 13.7. The molecule has 0 unspecified atom stereocenters. The van der Waals surface area contributed by atoms with Crippen LogP contribution in [0.1, 0.15) is 6.92 Å². The molecule has 7 heteroatoms. The highest BCUT2D eigenvalue weighted by Gasteiger charge is 2.36. The van der Waals surface area contributed by atoms with Crippen molar-refractivity contribution in [1.82, 2.24) is 10.4 Å². The van der Waals surface area contributed by atoms with E-state index < -0.39 is 24.2 Å². The van der Waals surface area contributed by atoms with Crippen LogP contribution in [0.4, 0.5) is 9.18 Å². The summed E-state index contributed by atoms with van der Waals surface area (Å²) in [7, 11) is 3.66. The quantitative estimate of drug-likeness (QED) is 0.684. The number of hydrogen-bond donors (Lipinski definition) is 1. The zero-order valence-corrected chi connectivity index (χ0v) is 9.17. The molecule has 2 amide bonds. The van der Waals surface area contributed by atoms with Crippen molar-refractivity contribution in [3.8, 4) is 0 Å². The lowest BCUT2D eigenvalue weighted by molar-refractivity contribution is -0.180. The first-order valence-electron chi connectivity index (χ1n) is 4.18. The van der Waals surface area contributed by atoms with E-state index in [2.05, 4.69) is 14.9 Å². The second-order valence-corrected chi connectivity index (χ2v) is 3.03. The molecule has 0 aromatic rings. The second-order valence-electron chi connectivity index (χ2n) is 3.03. The van der Waals surface area contributed by atoms with E-state index in [1.54, 1.807) is 0 Å². The Bertz CT molecular complexity index is 245. The van der Waals surface area contributed by atoms with Gasteiger partial charge in [-0.2, -0.15) is 0 Å². The average molecular weight is 222 g/mol. The summed E-state index contributed by atoms with van der Waals surface area (Å²) in [4.78, 5) is 26.5. The largest absolute Gasteiger partial charge is 0.453 e. The standard InChI is InChI=1S/C8H15FN2O4/c1-8(9,5-10-7(13)14-3)6(12)11(2)15-4/h5H2,1-4H3,(H,10,13)/t8-/m0/s1. The minimum Gasteiger partial charge on any atom is -0.453 e. The number of methoxy groups -OCH3 is 1. The zero-order valence-electron chi connectivity index (χ0n) is 9.17. The maximum atomic E-state index is 13.7. The Morgan fingerprint density at radius 2 is 2.00 bits per heavy atom. The van der Waals surface area contributed by atoms with Crippen molar-refractivity contribution in [3.05, 3.63) is 0 Å².